The van der Waals surface area contributed by atoms with Crippen LogP contribution in [0.1, 0.15) is 70.3 Å². The number of rotatable bonds is 10. The molecule has 11 nitrogen and oxygen atoms in total. The highest BCUT2D eigenvalue weighted by Crippen LogP contribution is 2.45. The van der Waals surface area contributed by atoms with Crippen molar-refractivity contribution in [1.82, 2.24) is 10.6 Å². The van der Waals surface area contributed by atoms with Crippen molar-refractivity contribution in [1.29, 1.82) is 0 Å². The van der Waals surface area contributed by atoms with E-state index in [4.69, 9.17) is 35.3 Å². The Kier molecular flexibility index (Phi) is 13.5. The number of benzene rings is 2. The van der Waals surface area contributed by atoms with E-state index in [-0.39, 0.29) is 49.9 Å². The molecule has 4 rings (SSSR count). The minimum Gasteiger partial charge on any atom is -0.495 e. The van der Waals surface area contributed by atoms with Gasteiger partial charge in [-0.3, -0.25) is 14.4 Å². The van der Waals surface area contributed by atoms with E-state index in [9.17, 15) is 19.2 Å². The van der Waals surface area contributed by atoms with Crippen molar-refractivity contribution in [2.45, 2.75) is 90.9 Å². The van der Waals surface area contributed by atoms with Crippen LogP contribution in [0.5, 0.6) is 5.75 Å². The van der Waals surface area contributed by atoms with E-state index in [1.165, 1.54) is 13.2 Å². The minimum atomic E-state index is -1.21. The zero-order valence-corrected chi connectivity index (χ0v) is 30.6. The van der Waals surface area contributed by atoms with Gasteiger partial charge in [-0.15, -0.1) is 0 Å². The van der Waals surface area contributed by atoms with Gasteiger partial charge in [0.2, 0.25) is 11.8 Å². The zero-order chi connectivity index (χ0) is 36.6. The lowest BCUT2D eigenvalue weighted by Crippen LogP contribution is -2.51. The predicted molar refractivity (Wildman–Crippen MR) is 187 cm³/mol. The summed E-state index contributed by atoms with van der Waals surface area (Å²) in [5.41, 5.74) is 1.52. The first-order chi connectivity index (χ1) is 23.7. The van der Waals surface area contributed by atoms with Gasteiger partial charge in [0, 0.05) is 32.4 Å². The molecule has 0 bridgehead atoms. The van der Waals surface area contributed by atoms with Gasteiger partial charge in [-0.2, -0.15) is 0 Å². The molecule has 50 heavy (non-hydrogen) atoms. The van der Waals surface area contributed by atoms with Crippen molar-refractivity contribution in [2.24, 2.45) is 17.3 Å². The molecule has 2 N–H and O–H groups in total. The van der Waals surface area contributed by atoms with Crippen LogP contribution in [0.15, 0.2) is 54.6 Å². The Hall–Kier alpha value is -3.93. The summed E-state index contributed by atoms with van der Waals surface area (Å²) in [6, 6.07) is 12.1. The molecule has 0 aliphatic carbocycles. The second-order valence-electron chi connectivity index (χ2n) is 14.0. The Morgan fingerprint density at radius 2 is 1.68 bits per heavy atom. The number of halogens is 1. The van der Waals surface area contributed by atoms with Gasteiger partial charge in [-0.05, 0) is 61.1 Å². The van der Waals surface area contributed by atoms with E-state index in [0.717, 1.165) is 11.1 Å². The standard InChI is InChI=1S/C38H49ClN2O9/c1-22(2)17-31-36(44)48-29(23(3)33-34(50-33)26-14-11-24(12-15-26)20-46-6)9-8-10-32(42)41-28(19-25-13-16-30(47-7)27(39)18-25)35(43)40-21-38(4,5)37(45)49-31/h8,10-16,18,22-23,28-29,31,33-34H,9,17,19-21H2,1-7H3,(H,40,43)(H,41,42)/b10-8+/t23-,28+,29-,31-,33+,34+/m0/s1. The van der Waals surface area contributed by atoms with E-state index in [0.29, 0.717) is 22.9 Å². The molecule has 1 fully saturated rings. The third-order valence-corrected chi connectivity index (χ3v) is 9.19. The Bertz CT molecular complexity index is 1540. The number of hydrogen-bond acceptors (Lipinski definition) is 9. The van der Waals surface area contributed by atoms with E-state index < -0.39 is 47.4 Å². The van der Waals surface area contributed by atoms with Crippen LogP contribution in [-0.4, -0.2) is 68.9 Å². The van der Waals surface area contributed by atoms with Gasteiger partial charge in [0.15, 0.2) is 6.10 Å². The van der Waals surface area contributed by atoms with Crippen LogP contribution in [0.2, 0.25) is 5.02 Å². The maximum atomic E-state index is 13.7. The smallest absolute Gasteiger partial charge is 0.347 e. The maximum Gasteiger partial charge on any atom is 0.347 e. The second kappa shape index (κ2) is 17.3. The Labute approximate surface area is 299 Å². The minimum absolute atomic E-state index is 0.0117. The highest BCUT2D eigenvalue weighted by molar-refractivity contribution is 6.32. The number of methoxy groups -OCH3 is 2. The number of epoxide rings is 1. The molecular weight excluding hydrogens is 664 g/mol. The van der Waals surface area contributed by atoms with Gasteiger partial charge in [0.1, 0.15) is 24.0 Å². The van der Waals surface area contributed by atoms with Crippen molar-refractivity contribution in [2.75, 3.05) is 20.8 Å². The van der Waals surface area contributed by atoms with Gasteiger partial charge in [-0.25, -0.2) is 4.79 Å². The van der Waals surface area contributed by atoms with Crippen molar-refractivity contribution >= 4 is 35.4 Å². The summed E-state index contributed by atoms with van der Waals surface area (Å²) in [5, 5.41) is 5.91. The fraction of sp³-hybridized carbons (Fsp3) is 0.526. The van der Waals surface area contributed by atoms with Crippen LogP contribution in [0.4, 0.5) is 0 Å². The van der Waals surface area contributed by atoms with Gasteiger partial charge in [-0.1, -0.05) is 68.8 Å². The largest absolute Gasteiger partial charge is 0.495 e. The Morgan fingerprint density at radius 3 is 2.32 bits per heavy atom. The summed E-state index contributed by atoms with van der Waals surface area (Å²) >= 11 is 6.33. The molecule has 0 saturated carbocycles. The van der Waals surface area contributed by atoms with Crippen LogP contribution in [0, 0.1) is 17.3 Å². The second-order valence-corrected chi connectivity index (χ2v) is 14.4. The number of nitrogens with one attached hydrogen (secondary N) is 2. The molecular formula is C38H49ClN2O9. The molecule has 12 heteroatoms. The van der Waals surface area contributed by atoms with Crippen LogP contribution in [0.3, 0.4) is 0 Å². The van der Waals surface area contributed by atoms with Crippen LogP contribution >= 0.6 is 11.6 Å². The first kappa shape index (κ1) is 38.9. The average molecular weight is 713 g/mol. The highest BCUT2D eigenvalue weighted by atomic mass is 35.5. The molecule has 0 radical (unpaired) electrons. The molecule has 2 amide bonds. The molecule has 6 atom stereocenters. The van der Waals surface area contributed by atoms with Gasteiger partial charge < -0.3 is 34.3 Å². The predicted octanol–water partition coefficient (Wildman–Crippen LogP) is 5.27. The number of ether oxygens (including phenoxy) is 5. The summed E-state index contributed by atoms with van der Waals surface area (Å²) in [5.74, 6) is -2.13. The lowest BCUT2D eigenvalue weighted by atomic mass is 9.92. The SMILES string of the molecule is COCc1ccc([C@H]2O[C@@H]2[C@@H](C)[C@@H]2C/C=C/C(=O)N[C@H](Cc3ccc(OC)c(Cl)c3)C(=O)NCC(C)(C)C(=O)O[C@@H](CC(C)C)C(=O)O2)cc1. The van der Waals surface area contributed by atoms with Gasteiger partial charge >= 0.3 is 11.9 Å². The Balaban J connectivity index is 1.60. The van der Waals surface area contributed by atoms with E-state index in [1.807, 2.05) is 45.0 Å². The van der Waals surface area contributed by atoms with Crippen molar-refractivity contribution < 1.29 is 42.9 Å². The van der Waals surface area contributed by atoms with E-state index in [1.54, 1.807) is 45.2 Å². The quantitative estimate of drug-likeness (QED) is 0.249. The number of amides is 2. The average Bonchev–Trinajstić information content (AvgIpc) is 3.87. The molecule has 2 aliphatic rings. The molecule has 0 spiro atoms. The molecule has 2 aromatic rings. The number of esters is 2. The highest BCUT2D eigenvalue weighted by Gasteiger charge is 2.48. The third kappa shape index (κ3) is 10.5. The summed E-state index contributed by atoms with van der Waals surface area (Å²) < 4.78 is 28.4. The summed E-state index contributed by atoms with van der Waals surface area (Å²) in [4.78, 5) is 53.8. The summed E-state index contributed by atoms with van der Waals surface area (Å²) in [6.45, 7) is 9.41. The summed E-state index contributed by atoms with van der Waals surface area (Å²) in [7, 11) is 3.15. The van der Waals surface area contributed by atoms with Crippen molar-refractivity contribution in [3.63, 3.8) is 0 Å². The Morgan fingerprint density at radius 1 is 0.980 bits per heavy atom. The number of carbonyl (C=O) groups is 4. The molecule has 0 unspecified atom stereocenters. The van der Waals surface area contributed by atoms with E-state index >= 15 is 0 Å². The van der Waals surface area contributed by atoms with E-state index in [2.05, 4.69) is 10.6 Å². The first-order valence-corrected chi connectivity index (χ1v) is 17.3. The fourth-order valence-electron chi connectivity index (χ4n) is 5.79. The third-order valence-electron chi connectivity index (χ3n) is 8.90. The van der Waals surface area contributed by atoms with Crippen LogP contribution < -0.4 is 15.4 Å². The summed E-state index contributed by atoms with van der Waals surface area (Å²) in [6.07, 6.45) is 1.18. The molecule has 272 valence electrons. The van der Waals surface area contributed by atoms with Crippen LogP contribution in [0.25, 0.3) is 0 Å². The zero-order valence-electron chi connectivity index (χ0n) is 29.8. The van der Waals surface area contributed by atoms with Gasteiger partial charge in [0.05, 0.1) is 30.3 Å². The number of cyclic esters (lactones) is 2. The molecule has 2 aromatic carbocycles. The van der Waals surface area contributed by atoms with Gasteiger partial charge in [0.25, 0.3) is 0 Å². The fourth-order valence-corrected chi connectivity index (χ4v) is 6.07. The molecule has 2 aliphatic heterocycles. The topological polar surface area (TPSA) is 142 Å². The van der Waals surface area contributed by atoms with Crippen LogP contribution in [-0.2, 0) is 51.2 Å². The molecule has 1 saturated heterocycles. The lowest BCUT2D eigenvalue weighted by Gasteiger charge is -2.29. The van der Waals surface area contributed by atoms with Crippen molar-refractivity contribution in [3.05, 3.63) is 76.3 Å². The number of hydrogen-bond donors (Lipinski definition) is 2. The normalized spacial score (nSPS) is 25.9. The maximum absolute atomic E-state index is 13.7. The number of carbonyl (C=O) groups excluding carboxylic acids is 4. The monoisotopic (exact) mass is 712 g/mol. The first-order valence-electron chi connectivity index (χ1n) is 16.9. The molecule has 2 heterocycles. The van der Waals surface area contributed by atoms with Crippen molar-refractivity contribution in [3.8, 4) is 5.75 Å². The lowest BCUT2D eigenvalue weighted by molar-refractivity contribution is -0.179. The molecule has 0 aromatic heterocycles.